The predicted octanol–water partition coefficient (Wildman–Crippen LogP) is 3.77. The van der Waals surface area contributed by atoms with Gasteiger partial charge in [-0.1, -0.05) is 83.6 Å². The van der Waals surface area contributed by atoms with Crippen LogP contribution in [0.2, 0.25) is 0 Å². The zero-order chi connectivity index (χ0) is 22.7. The number of rotatable bonds is 5. The molecule has 0 unspecified atom stereocenters. The highest BCUT2D eigenvalue weighted by Crippen LogP contribution is 2.26. The molecule has 6 heteroatoms. The van der Waals surface area contributed by atoms with Crippen molar-refractivity contribution in [3.05, 3.63) is 108 Å². The number of hydrogen-bond acceptors (Lipinski definition) is 5. The summed E-state index contributed by atoms with van der Waals surface area (Å²) in [4.78, 5) is 31.4. The van der Waals surface area contributed by atoms with Gasteiger partial charge in [0, 0.05) is 0 Å². The Kier molecular flexibility index (Phi) is 6.32. The lowest BCUT2D eigenvalue weighted by molar-refractivity contribution is -0.139. The van der Waals surface area contributed by atoms with Gasteiger partial charge in [-0.05, 0) is 38.0 Å². The Balaban J connectivity index is 1.87. The van der Waals surface area contributed by atoms with E-state index < -0.39 is 12.0 Å². The zero-order valence-corrected chi connectivity index (χ0v) is 19.1. The van der Waals surface area contributed by atoms with Gasteiger partial charge in [-0.15, -0.1) is 0 Å². The first-order chi connectivity index (χ1) is 15.5. The monoisotopic (exact) mass is 444 g/mol. The number of allylic oxidation sites excluding steroid dienone is 2. The molecular weight excluding hydrogens is 420 g/mol. The molecule has 3 aromatic rings. The molecule has 1 aliphatic rings. The highest BCUT2D eigenvalue weighted by molar-refractivity contribution is 7.07. The number of hydrogen-bond donors (Lipinski definition) is 0. The van der Waals surface area contributed by atoms with Crippen LogP contribution in [0.3, 0.4) is 0 Å². The Labute approximate surface area is 190 Å². The van der Waals surface area contributed by atoms with Crippen LogP contribution in [0.5, 0.6) is 0 Å². The molecule has 32 heavy (non-hydrogen) atoms. The summed E-state index contributed by atoms with van der Waals surface area (Å²) < 4.78 is 7.45. The van der Waals surface area contributed by atoms with Gasteiger partial charge in [0.05, 0.1) is 28.5 Å². The SMILES string of the molecule is CCOC(=O)C1=C(C)N=c2s/c(=C/c3ccc(C)cc3)c(=O)n2[C@@H]1/C=C/c1ccccc1. The number of aromatic nitrogens is 1. The van der Waals surface area contributed by atoms with Gasteiger partial charge in [-0.25, -0.2) is 9.79 Å². The topological polar surface area (TPSA) is 60.7 Å². The molecular formula is C26H24N2O3S. The predicted molar refractivity (Wildman–Crippen MR) is 128 cm³/mol. The number of nitrogens with zero attached hydrogens (tertiary/aromatic N) is 2. The highest BCUT2D eigenvalue weighted by atomic mass is 32.1. The minimum absolute atomic E-state index is 0.175. The molecule has 5 nitrogen and oxygen atoms in total. The third kappa shape index (κ3) is 4.41. The van der Waals surface area contributed by atoms with Crippen LogP contribution in [0.4, 0.5) is 0 Å². The Morgan fingerprint density at radius 2 is 1.81 bits per heavy atom. The zero-order valence-electron chi connectivity index (χ0n) is 18.2. The fourth-order valence-electron chi connectivity index (χ4n) is 3.60. The van der Waals surface area contributed by atoms with Crippen LogP contribution in [0.15, 0.2) is 81.7 Å². The molecule has 0 saturated heterocycles. The van der Waals surface area contributed by atoms with E-state index in [-0.39, 0.29) is 12.2 Å². The third-order valence-corrected chi connectivity index (χ3v) is 6.19. The van der Waals surface area contributed by atoms with Crippen molar-refractivity contribution in [3.63, 3.8) is 0 Å². The molecule has 0 aliphatic carbocycles. The number of fused-ring (bicyclic) bond motifs is 1. The van der Waals surface area contributed by atoms with Crippen LogP contribution >= 0.6 is 11.3 Å². The summed E-state index contributed by atoms with van der Waals surface area (Å²) in [6, 6.07) is 17.2. The molecule has 162 valence electrons. The molecule has 0 bridgehead atoms. The van der Waals surface area contributed by atoms with Crippen molar-refractivity contribution in [3.8, 4) is 0 Å². The lowest BCUT2D eigenvalue weighted by Gasteiger charge is -2.21. The Hall–Kier alpha value is -3.51. The summed E-state index contributed by atoms with van der Waals surface area (Å²) in [6.45, 7) is 5.82. The number of thiazole rings is 1. The van der Waals surface area contributed by atoms with Crippen molar-refractivity contribution in [1.82, 2.24) is 4.57 Å². The summed E-state index contributed by atoms with van der Waals surface area (Å²) in [5.41, 5.74) is 3.85. The van der Waals surface area contributed by atoms with Gasteiger partial charge in [-0.2, -0.15) is 0 Å². The molecule has 0 radical (unpaired) electrons. The summed E-state index contributed by atoms with van der Waals surface area (Å²) in [5, 5.41) is 0. The van der Waals surface area contributed by atoms with Gasteiger partial charge in [0.25, 0.3) is 5.56 Å². The van der Waals surface area contributed by atoms with E-state index in [2.05, 4.69) is 4.99 Å². The second-order valence-electron chi connectivity index (χ2n) is 7.53. The summed E-state index contributed by atoms with van der Waals surface area (Å²) in [5.74, 6) is -0.454. The minimum Gasteiger partial charge on any atom is -0.463 e. The average Bonchev–Trinajstić information content (AvgIpc) is 3.09. The third-order valence-electron chi connectivity index (χ3n) is 5.20. The van der Waals surface area contributed by atoms with E-state index in [1.165, 1.54) is 11.3 Å². The van der Waals surface area contributed by atoms with Gasteiger partial charge in [0.1, 0.15) is 0 Å². The number of carbonyl (C=O) groups excluding carboxylic acids is 1. The first-order valence-electron chi connectivity index (χ1n) is 10.5. The van der Waals surface area contributed by atoms with E-state index in [1.807, 2.05) is 79.7 Å². The van der Waals surface area contributed by atoms with E-state index in [0.29, 0.717) is 20.6 Å². The van der Waals surface area contributed by atoms with Gasteiger partial charge >= 0.3 is 5.97 Å². The highest BCUT2D eigenvalue weighted by Gasteiger charge is 2.30. The van der Waals surface area contributed by atoms with Crippen molar-refractivity contribution in [2.45, 2.75) is 26.8 Å². The summed E-state index contributed by atoms with van der Waals surface area (Å²) >= 11 is 1.33. The van der Waals surface area contributed by atoms with Crippen LogP contribution in [0, 0.1) is 6.92 Å². The van der Waals surface area contributed by atoms with Gasteiger partial charge in [0.2, 0.25) is 0 Å². The van der Waals surface area contributed by atoms with E-state index >= 15 is 0 Å². The molecule has 1 aliphatic heterocycles. The van der Waals surface area contributed by atoms with Crippen LogP contribution in [-0.2, 0) is 9.53 Å². The quantitative estimate of drug-likeness (QED) is 0.563. The first kappa shape index (κ1) is 21.7. The number of ether oxygens (including phenoxy) is 1. The van der Waals surface area contributed by atoms with E-state index in [1.54, 1.807) is 18.4 Å². The maximum Gasteiger partial charge on any atom is 0.338 e. The molecule has 0 N–H and O–H groups in total. The summed E-state index contributed by atoms with van der Waals surface area (Å²) in [7, 11) is 0. The fraction of sp³-hybridized carbons (Fsp3) is 0.192. The molecule has 0 spiro atoms. The van der Waals surface area contributed by atoms with Crippen molar-refractivity contribution >= 4 is 29.5 Å². The number of esters is 1. The van der Waals surface area contributed by atoms with E-state index in [9.17, 15) is 9.59 Å². The lowest BCUT2D eigenvalue weighted by atomic mass is 10.0. The number of aryl methyl sites for hydroxylation is 1. The van der Waals surface area contributed by atoms with Crippen LogP contribution in [0.25, 0.3) is 12.2 Å². The molecule has 4 rings (SSSR count). The van der Waals surface area contributed by atoms with Gasteiger partial charge < -0.3 is 4.74 Å². The van der Waals surface area contributed by atoms with Gasteiger partial charge in [-0.3, -0.25) is 9.36 Å². The molecule has 0 amide bonds. The van der Waals surface area contributed by atoms with Crippen molar-refractivity contribution < 1.29 is 9.53 Å². The standard InChI is InChI=1S/C26H24N2O3S/c1-4-31-25(30)23-18(3)27-26-28(21(23)15-14-19-8-6-5-7-9-19)24(29)22(32-26)16-20-12-10-17(2)11-13-20/h5-16,21H,4H2,1-3H3/b15-14+,22-16+/t21-/m1/s1. The van der Waals surface area contributed by atoms with Crippen LogP contribution in [-0.4, -0.2) is 17.1 Å². The largest absolute Gasteiger partial charge is 0.463 e. The Morgan fingerprint density at radius 1 is 1.09 bits per heavy atom. The molecule has 0 fully saturated rings. The fourth-order valence-corrected chi connectivity index (χ4v) is 4.65. The first-order valence-corrected chi connectivity index (χ1v) is 11.3. The molecule has 2 aromatic carbocycles. The second-order valence-corrected chi connectivity index (χ2v) is 8.53. The summed E-state index contributed by atoms with van der Waals surface area (Å²) in [6.07, 6.45) is 5.65. The van der Waals surface area contributed by atoms with Crippen LogP contribution < -0.4 is 14.9 Å². The Bertz CT molecular complexity index is 1380. The normalized spacial score (nSPS) is 16.2. The van der Waals surface area contributed by atoms with Crippen molar-refractivity contribution in [2.24, 2.45) is 4.99 Å². The lowest BCUT2D eigenvalue weighted by Crippen LogP contribution is -2.38. The van der Waals surface area contributed by atoms with E-state index in [4.69, 9.17) is 4.74 Å². The van der Waals surface area contributed by atoms with Gasteiger partial charge in [0.15, 0.2) is 4.80 Å². The molecule has 2 heterocycles. The van der Waals surface area contributed by atoms with E-state index in [0.717, 1.165) is 16.7 Å². The number of benzene rings is 2. The molecule has 1 aromatic heterocycles. The van der Waals surface area contributed by atoms with Crippen LogP contribution in [0.1, 0.15) is 36.6 Å². The minimum atomic E-state index is -0.592. The smallest absolute Gasteiger partial charge is 0.338 e. The average molecular weight is 445 g/mol. The maximum absolute atomic E-state index is 13.4. The van der Waals surface area contributed by atoms with Crippen molar-refractivity contribution in [1.29, 1.82) is 0 Å². The molecule has 0 saturated carbocycles. The van der Waals surface area contributed by atoms with Crippen molar-refractivity contribution in [2.75, 3.05) is 6.61 Å². The maximum atomic E-state index is 13.4. The second kappa shape index (κ2) is 9.32. The Morgan fingerprint density at radius 3 is 2.50 bits per heavy atom. The molecule has 1 atom stereocenters. The number of carbonyl (C=O) groups is 1.